The van der Waals surface area contributed by atoms with Gasteiger partial charge in [-0.25, -0.2) is 4.79 Å². The van der Waals surface area contributed by atoms with Crippen LogP contribution in [0.3, 0.4) is 0 Å². The second kappa shape index (κ2) is 5.30. The number of nitrogens with zero attached hydrogens (tertiary/aromatic N) is 1. The van der Waals surface area contributed by atoms with E-state index in [9.17, 15) is 14.7 Å². The lowest BCUT2D eigenvalue weighted by Gasteiger charge is -2.36. The van der Waals surface area contributed by atoms with Crippen molar-refractivity contribution in [2.45, 2.75) is 32.2 Å². The van der Waals surface area contributed by atoms with Crippen molar-refractivity contribution < 1.29 is 14.7 Å². The molecule has 0 bridgehead atoms. The van der Waals surface area contributed by atoms with Crippen molar-refractivity contribution in [3.63, 3.8) is 0 Å². The minimum Gasteiger partial charge on any atom is -0.478 e. The van der Waals surface area contributed by atoms with E-state index in [0.717, 1.165) is 30.6 Å². The van der Waals surface area contributed by atoms with Crippen LogP contribution in [0.15, 0.2) is 18.2 Å². The second-order valence-corrected chi connectivity index (χ2v) is 4.73. The van der Waals surface area contributed by atoms with Crippen molar-refractivity contribution in [2.24, 2.45) is 5.73 Å². The third kappa shape index (κ3) is 2.41. The molecule has 1 amide bonds. The number of hydrogen-bond donors (Lipinski definition) is 2. The predicted molar refractivity (Wildman–Crippen MR) is 72.3 cm³/mol. The smallest absolute Gasteiger partial charge is 0.336 e. The molecule has 19 heavy (non-hydrogen) atoms. The Balaban J connectivity index is 2.47. The first-order valence-electron chi connectivity index (χ1n) is 6.47. The minimum absolute atomic E-state index is 0.321. The number of nitrogens with two attached hydrogens (primary N) is 1. The molecule has 0 fully saturated rings. The van der Waals surface area contributed by atoms with E-state index in [-0.39, 0.29) is 11.9 Å². The monoisotopic (exact) mass is 262 g/mol. The fourth-order valence-electron chi connectivity index (χ4n) is 2.75. The van der Waals surface area contributed by atoms with E-state index in [2.05, 4.69) is 0 Å². The van der Waals surface area contributed by atoms with Crippen LogP contribution in [-0.2, 0) is 11.2 Å². The van der Waals surface area contributed by atoms with Crippen molar-refractivity contribution >= 4 is 17.6 Å². The summed E-state index contributed by atoms with van der Waals surface area (Å²) < 4.78 is 0. The summed E-state index contributed by atoms with van der Waals surface area (Å²) in [4.78, 5) is 24.7. The summed E-state index contributed by atoms with van der Waals surface area (Å²) in [5.41, 5.74) is 7.39. The second-order valence-electron chi connectivity index (χ2n) is 4.73. The maximum absolute atomic E-state index is 11.5. The van der Waals surface area contributed by atoms with E-state index in [1.54, 1.807) is 12.1 Å². The first-order chi connectivity index (χ1) is 9.06. The average Bonchev–Trinajstić information content (AvgIpc) is 2.38. The van der Waals surface area contributed by atoms with Gasteiger partial charge < -0.3 is 15.7 Å². The summed E-state index contributed by atoms with van der Waals surface area (Å²) in [7, 11) is 0. The Morgan fingerprint density at radius 2 is 2.21 bits per heavy atom. The zero-order valence-corrected chi connectivity index (χ0v) is 10.9. The fraction of sp³-hybridized carbons (Fsp3) is 0.429. The molecule has 1 aromatic carbocycles. The summed E-state index contributed by atoms with van der Waals surface area (Å²) in [6.07, 6.45) is 2.18. The number of fused-ring (bicyclic) bond motifs is 1. The molecule has 0 aromatic heterocycles. The standard InChI is InChI=1S/C14H18N2O3/c1-2-11(13(15)17)16-8-4-6-9-10(14(18)19)5-3-7-12(9)16/h3,5,7,11H,2,4,6,8H2,1H3,(H2,15,17)(H,18,19). The van der Waals surface area contributed by atoms with Crippen LogP contribution in [-0.4, -0.2) is 29.6 Å². The van der Waals surface area contributed by atoms with E-state index in [1.807, 2.05) is 17.9 Å². The summed E-state index contributed by atoms with van der Waals surface area (Å²) in [6.45, 7) is 2.64. The number of aromatic carboxylic acids is 1. The number of anilines is 1. The van der Waals surface area contributed by atoms with E-state index < -0.39 is 5.97 Å². The van der Waals surface area contributed by atoms with Crippen molar-refractivity contribution in [3.8, 4) is 0 Å². The average molecular weight is 262 g/mol. The molecule has 1 aromatic rings. The molecule has 5 heteroatoms. The number of rotatable bonds is 4. The topological polar surface area (TPSA) is 83.6 Å². The van der Waals surface area contributed by atoms with Gasteiger partial charge in [0.2, 0.25) is 5.91 Å². The Morgan fingerprint density at radius 1 is 1.47 bits per heavy atom. The first-order valence-corrected chi connectivity index (χ1v) is 6.47. The quantitative estimate of drug-likeness (QED) is 0.859. The molecule has 2 rings (SSSR count). The lowest BCUT2D eigenvalue weighted by atomic mass is 9.94. The first kappa shape index (κ1) is 13.4. The number of carboxylic acids is 1. The summed E-state index contributed by atoms with van der Waals surface area (Å²) >= 11 is 0. The molecular weight excluding hydrogens is 244 g/mol. The SMILES string of the molecule is CCC(C(N)=O)N1CCCc2c(C(=O)O)cccc21. The van der Waals surface area contributed by atoms with Gasteiger partial charge in [0.1, 0.15) is 6.04 Å². The Hall–Kier alpha value is -2.04. The number of primary amides is 1. The molecule has 1 atom stereocenters. The molecule has 0 saturated carbocycles. The number of hydrogen-bond acceptors (Lipinski definition) is 3. The van der Waals surface area contributed by atoms with Crippen LogP contribution in [0.25, 0.3) is 0 Å². The molecule has 0 aliphatic carbocycles. The molecular formula is C14H18N2O3. The van der Waals surface area contributed by atoms with Crippen molar-refractivity contribution in [2.75, 3.05) is 11.4 Å². The highest BCUT2D eigenvalue weighted by Gasteiger charge is 2.28. The van der Waals surface area contributed by atoms with Crippen molar-refractivity contribution in [1.82, 2.24) is 0 Å². The molecule has 1 heterocycles. The molecule has 1 aliphatic rings. The van der Waals surface area contributed by atoms with E-state index in [1.165, 1.54) is 0 Å². The highest BCUT2D eigenvalue weighted by Crippen LogP contribution is 2.31. The summed E-state index contributed by atoms with van der Waals surface area (Å²) in [5, 5.41) is 9.22. The Kier molecular flexibility index (Phi) is 3.74. The Labute approximate surface area is 112 Å². The molecule has 3 N–H and O–H groups in total. The van der Waals surface area contributed by atoms with Crippen LogP contribution >= 0.6 is 0 Å². The molecule has 1 aliphatic heterocycles. The number of benzene rings is 1. The van der Waals surface area contributed by atoms with Gasteiger partial charge in [0, 0.05) is 12.2 Å². The molecule has 0 spiro atoms. The lowest BCUT2D eigenvalue weighted by molar-refractivity contribution is -0.119. The zero-order chi connectivity index (χ0) is 14.0. The van der Waals surface area contributed by atoms with Crippen molar-refractivity contribution in [3.05, 3.63) is 29.3 Å². The number of amides is 1. The molecule has 1 unspecified atom stereocenters. The van der Waals surface area contributed by atoms with Crippen molar-refractivity contribution in [1.29, 1.82) is 0 Å². The summed E-state index contributed by atoms with van der Waals surface area (Å²) in [6, 6.07) is 4.82. The van der Waals surface area contributed by atoms with Crippen LogP contribution in [0, 0.1) is 0 Å². The maximum atomic E-state index is 11.5. The highest BCUT2D eigenvalue weighted by atomic mass is 16.4. The van der Waals surface area contributed by atoms with Crippen LogP contribution in [0.1, 0.15) is 35.7 Å². The summed E-state index contributed by atoms with van der Waals surface area (Å²) in [5.74, 6) is -1.29. The van der Waals surface area contributed by atoms with E-state index in [0.29, 0.717) is 12.0 Å². The van der Waals surface area contributed by atoms with Crippen LogP contribution in [0.4, 0.5) is 5.69 Å². The third-order valence-electron chi connectivity index (χ3n) is 3.61. The van der Waals surface area contributed by atoms with E-state index in [4.69, 9.17) is 5.73 Å². The minimum atomic E-state index is -0.925. The highest BCUT2D eigenvalue weighted by molar-refractivity contribution is 5.92. The molecule has 0 radical (unpaired) electrons. The van der Waals surface area contributed by atoms with Crippen LogP contribution in [0.5, 0.6) is 0 Å². The fourth-order valence-corrected chi connectivity index (χ4v) is 2.75. The third-order valence-corrected chi connectivity index (χ3v) is 3.61. The maximum Gasteiger partial charge on any atom is 0.336 e. The zero-order valence-electron chi connectivity index (χ0n) is 10.9. The van der Waals surface area contributed by atoms with E-state index >= 15 is 0 Å². The molecule has 0 saturated heterocycles. The van der Waals surface area contributed by atoms with Gasteiger partial charge in [-0.15, -0.1) is 0 Å². The van der Waals surface area contributed by atoms with Gasteiger partial charge in [-0.1, -0.05) is 13.0 Å². The van der Waals surface area contributed by atoms with Gasteiger partial charge >= 0.3 is 5.97 Å². The number of carboxylic acid groups (broad SMARTS) is 1. The van der Waals surface area contributed by atoms with Gasteiger partial charge in [0.15, 0.2) is 0 Å². The number of carbonyl (C=O) groups excluding carboxylic acids is 1. The molecule has 102 valence electrons. The lowest BCUT2D eigenvalue weighted by Crippen LogP contribution is -2.47. The van der Waals surface area contributed by atoms with Gasteiger partial charge in [-0.2, -0.15) is 0 Å². The van der Waals surface area contributed by atoms with Crippen LogP contribution < -0.4 is 10.6 Å². The van der Waals surface area contributed by atoms with Gasteiger partial charge in [0.05, 0.1) is 5.56 Å². The normalized spacial score (nSPS) is 15.7. The predicted octanol–water partition coefficient (Wildman–Crippen LogP) is 1.40. The van der Waals surface area contributed by atoms with Gasteiger partial charge in [-0.3, -0.25) is 4.79 Å². The molecule has 5 nitrogen and oxygen atoms in total. The Morgan fingerprint density at radius 3 is 2.79 bits per heavy atom. The van der Waals surface area contributed by atoms with Gasteiger partial charge in [0.25, 0.3) is 0 Å². The Bertz CT molecular complexity index is 513. The van der Waals surface area contributed by atoms with Crippen LogP contribution in [0.2, 0.25) is 0 Å². The number of carbonyl (C=O) groups is 2. The largest absolute Gasteiger partial charge is 0.478 e. The van der Waals surface area contributed by atoms with Gasteiger partial charge in [-0.05, 0) is 37.0 Å².